The third kappa shape index (κ3) is 5.17. The predicted octanol–water partition coefficient (Wildman–Crippen LogP) is 3.38. The van der Waals surface area contributed by atoms with Crippen LogP contribution in [0.5, 0.6) is 0 Å². The Labute approximate surface area is 99.3 Å². The van der Waals surface area contributed by atoms with Gasteiger partial charge in [-0.05, 0) is 44.5 Å². The number of aryl methyl sites for hydroxylation is 1. The van der Waals surface area contributed by atoms with Crippen molar-refractivity contribution in [2.45, 2.75) is 38.4 Å². The second-order valence-electron chi connectivity index (χ2n) is 4.08. The number of hydrogen-bond acceptors (Lipinski definition) is 2. The number of nitrogens with zero attached hydrogens (tertiary/aromatic N) is 1. The first kappa shape index (κ1) is 14.0. The van der Waals surface area contributed by atoms with Gasteiger partial charge in [-0.1, -0.05) is 0 Å². The first-order chi connectivity index (χ1) is 7.92. The Morgan fingerprint density at radius 1 is 1.41 bits per heavy atom. The molecule has 1 N–H and O–H groups in total. The van der Waals surface area contributed by atoms with Crippen LogP contribution in [0.3, 0.4) is 0 Å². The number of nitrogens with one attached hydrogen (secondary N) is 1. The maximum Gasteiger partial charge on any atom is 0.389 e. The van der Waals surface area contributed by atoms with Gasteiger partial charge in [0.1, 0.15) is 0 Å². The molecular weight excluding hydrogens is 229 g/mol. The highest BCUT2D eigenvalue weighted by atomic mass is 19.4. The van der Waals surface area contributed by atoms with E-state index in [1.54, 1.807) is 13.2 Å². The minimum atomic E-state index is -4.06. The fourth-order valence-electron chi connectivity index (χ4n) is 1.77. The molecule has 1 aromatic rings. The van der Waals surface area contributed by atoms with Crippen LogP contribution in [0.2, 0.25) is 0 Å². The summed E-state index contributed by atoms with van der Waals surface area (Å²) in [5, 5.41) is 3.04. The zero-order chi connectivity index (χ0) is 12.9. The topological polar surface area (TPSA) is 24.9 Å². The van der Waals surface area contributed by atoms with Crippen LogP contribution in [0, 0.1) is 6.92 Å². The summed E-state index contributed by atoms with van der Waals surface area (Å²) >= 11 is 0. The smallest absolute Gasteiger partial charge is 0.313 e. The molecule has 5 heteroatoms. The van der Waals surface area contributed by atoms with Crippen LogP contribution in [-0.4, -0.2) is 18.2 Å². The third-order valence-electron chi connectivity index (χ3n) is 2.62. The number of aromatic nitrogens is 1. The van der Waals surface area contributed by atoms with E-state index in [1.165, 1.54) is 0 Å². The third-order valence-corrected chi connectivity index (χ3v) is 2.62. The van der Waals surface area contributed by atoms with Crippen LogP contribution in [0.4, 0.5) is 13.2 Å². The van der Waals surface area contributed by atoms with Gasteiger partial charge in [0.05, 0.1) is 0 Å². The standard InChI is InChI=1S/C12H17F3N2/c1-9-8-10(5-7-17-9)11(16-2)4-3-6-12(13,14)15/h5,7-8,11,16H,3-4,6H2,1-2H3. The van der Waals surface area contributed by atoms with Gasteiger partial charge in [-0.25, -0.2) is 0 Å². The van der Waals surface area contributed by atoms with Gasteiger partial charge in [-0.15, -0.1) is 0 Å². The van der Waals surface area contributed by atoms with Crippen LogP contribution in [0.1, 0.15) is 36.6 Å². The Balaban J connectivity index is 2.54. The molecule has 0 bridgehead atoms. The van der Waals surface area contributed by atoms with Crippen molar-refractivity contribution < 1.29 is 13.2 Å². The van der Waals surface area contributed by atoms with Crippen LogP contribution in [-0.2, 0) is 0 Å². The molecule has 0 radical (unpaired) electrons. The van der Waals surface area contributed by atoms with Crippen molar-refractivity contribution in [2.75, 3.05) is 7.05 Å². The second-order valence-corrected chi connectivity index (χ2v) is 4.08. The molecule has 1 heterocycles. The molecule has 0 amide bonds. The van der Waals surface area contributed by atoms with Crippen molar-refractivity contribution >= 4 is 0 Å². The lowest BCUT2D eigenvalue weighted by Gasteiger charge is -2.17. The molecule has 0 saturated carbocycles. The summed E-state index contributed by atoms with van der Waals surface area (Å²) in [5.74, 6) is 0. The minimum Gasteiger partial charge on any atom is -0.313 e. The van der Waals surface area contributed by atoms with Crippen molar-refractivity contribution in [3.63, 3.8) is 0 Å². The van der Waals surface area contributed by atoms with E-state index in [4.69, 9.17) is 0 Å². The Kier molecular flexibility index (Phi) is 4.93. The molecule has 1 rings (SSSR count). The van der Waals surface area contributed by atoms with Gasteiger partial charge in [0, 0.05) is 24.4 Å². The van der Waals surface area contributed by atoms with Crippen LogP contribution >= 0.6 is 0 Å². The van der Waals surface area contributed by atoms with E-state index in [0.29, 0.717) is 6.42 Å². The quantitative estimate of drug-likeness (QED) is 0.861. The number of hydrogen-bond donors (Lipinski definition) is 1. The highest BCUT2D eigenvalue weighted by Crippen LogP contribution is 2.26. The van der Waals surface area contributed by atoms with Crippen molar-refractivity contribution in [3.8, 4) is 0 Å². The molecular formula is C12H17F3N2. The lowest BCUT2D eigenvalue weighted by Crippen LogP contribution is -2.17. The predicted molar refractivity (Wildman–Crippen MR) is 60.7 cm³/mol. The van der Waals surface area contributed by atoms with Crippen molar-refractivity contribution in [1.29, 1.82) is 0 Å². The van der Waals surface area contributed by atoms with Crippen molar-refractivity contribution in [2.24, 2.45) is 0 Å². The summed E-state index contributed by atoms with van der Waals surface area (Å²) in [6.07, 6.45) is -2.50. The Hall–Kier alpha value is -1.10. The molecule has 0 aliphatic carbocycles. The van der Waals surface area contributed by atoms with Gasteiger partial charge in [0.25, 0.3) is 0 Å². The molecule has 0 spiro atoms. The molecule has 17 heavy (non-hydrogen) atoms. The summed E-state index contributed by atoms with van der Waals surface area (Å²) in [6.45, 7) is 1.87. The van der Waals surface area contributed by atoms with E-state index in [1.807, 2.05) is 19.1 Å². The van der Waals surface area contributed by atoms with E-state index in [9.17, 15) is 13.2 Å². The summed E-state index contributed by atoms with van der Waals surface area (Å²) in [4.78, 5) is 4.07. The van der Waals surface area contributed by atoms with Gasteiger partial charge in [0.2, 0.25) is 0 Å². The molecule has 1 atom stereocenters. The zero-order valence-corrected chi connectivity index (χ0v) is 10.0. The molecule has 0 aliphatic heterocycles. The maximum absolute atomic E-state index is 12.0. The first-order valence-corrected chi connectivity index (χ1v) is 5.59. The normalized spacial score (nSPS) is 13.7. The second kappa shape index (κ2) is 6.00. The highest BCUT2D eigenvalue weighted by Gasteiger charge is 2.26. The molecule has 0 aliphatic rings. The van der Waals surface area contributed by atoms with Gasteiger partial charge in [-0.2, -0.15) is 13.2 Å². The zero-order valence-electron chi connectivity index (χ0n) is 10.0. The summed E-state index contributed by atoms with van der Waals surface area (Å²) in [6, 6.07) is 3.69. The van der Waals surface area contributed by atoms with Crippen molar-refractivity contribution in [1.82, 2.24) is 10.3 Å². The minimum absolute atomic E-state index is 0.0425. The average Bonchev–Trinajstić information content (AvgIpc) is 2.23. The summed E-state index contributed by atoms with van der Waals surface area (Å²) in [7, 11) is 1.76. The maximum atomic E-state index is 12.0. The molecule has 1 aromatic heterocycles. The van der Waals surface area contributed by atoms with Gasteiger partial charge in [0.15, 0.2) is 0 Å². The monoisotopic (exact) mass is 246 g/mol. The van der Waals surface area contributed by atoms with Crippen molar-refractivity contribution in [3.05, 3.63) is 29.6 Å². The Bertz CT molecular complexity index is 350. The van der Waals surface area contributed by atoms with Crippen LogP contribution in [0.15, 0.2) is 18.3 Å². The number of pyridine rings is 1. The van der Waals surface area contributed by atoms with Crippen LogP contribution < -0.4 is 5.32 Å². The van der Waals surface area contributed by atoms with Gasteiger partial charge >= 0.3 is 6.18 Å². The van der Waals surface area contributed by atoms with Gasteiger partial charge < -0.3 is 5.32 Å². The lowest BCUT2D eigenvalue weighted by molar-refractivity contribution is -0.135. The fourth-order valence-corrected chi connectivity index (χ4v) is 1.77. The number of alkyl halides is 3. The Morgan fingerprint density at radius 2 is 2.12 bits per heavy atom. The fraction of sp³-hybridized carbons (Fsp3) is 0.583. The van der Waals surface area contributed by atoms with Crippen LogP contribution in [0.25, 0.3) is 0 Å². The molecule has 96 valence electrons. The molecule has 0 fully saturated rings. The SMILES string of the molecule is CNC(CCCC(F)(F)F)c1ccnc(C)c1. The largest absolute Gasteiger partial charge is 0.389 e. The van der Waals surface area contributed by atoms with Gasteiger partial charge in [-0.3, -0.25) is 4.98 Å². The number of halogens is 3. The molecule has 1 unspecified atom stereocenters. The lowest BCUT2D eigenvalue weighted by atomic mass is 10.0. The summed E-state index contributed by atoms with van der Waals surface area (Å²) < 4.78 is 36.1. The average molecular weight is 246 g/mol. The van der Waals surface area contributed by atoms with E-state index in [2.05, 4.69) is 10.3 Å². The van der Waals surface area contributed by atoms with E-state index in [-0.39, 0.29) is 12.5 Å². The molecule has 0 aromatic carbocycles. The number of rotatable bonds is 5. The Morgan fingerprint density at radius 3 is 2.65 bits per heavy atom. The highest BCUT2D eigenvalue weighted by molar-refractivity contribution is 5.19. The van der Waals surface area contributed by atoms with E-state index < -0.39 is 12.6 Å². The first-order valence-electron chi connectivity index (χ1n) is 5.59. The molecule has 0 saturated heterocycles. The summed E-state index contributed by atoms with van der Waals surface area (Å²) in [5.41, 5.74) is 1.86. The molecule has 2 nitrogen and oxygen atoms in total. The van der Waals surface area contributed by atoms with E-state index in [0.717, 1.165) is 11.3 Å². The van der Waals surface area contributed by atoms with E-state index >= 15 is 0 Å².